The zero-order chi connectivity index (χ0) is 27.4. The van der Waals surface area contributed by atoms with Crippen LogP contribution in [0.1, 0.15) is 26.7 Å². The molecule has 0 saturated carbocycles. The van der Waals surface area contributed by atoms with Crippen LogP contribution in [0.3, 0.4) is 0 Å². The van der Waals surface area contributed by atoms with Crippen LogP contribution in [0.4, 0.5) is 5.13 Å². The first-order valence-electron chi connectivity index (χ1n) is 12.6. The first kappa shape index (κ1) is 28.6. The molecule has 9 nitrogen and oxygen atoms in total. The molecular weight excluding hydrogens is 548 g/mol. The van der Waals surface area contributed by atoms with Crippen LogP contribution < -0.4 is 14.4 Å². The van der Waals surface area contributed by atoms with Gasteiger partial charge in [0.25, 0.3) is 0 Å². The molecule has 12 heteroatoms. The molecule has 1 unspecified atom stereocenters. The summed E-state index contributed by atoms with van der Waals surface area (Å²) in [5.74, 6) is 0.832. The largest absolute Gasteiger partial charge is 0.497 e. The second-order valence-corrected chi connectivity index (χ2v) is 12.2. The molecule has 1 fully saturated rings. The minimum absolute atomic E-state index is 0.129. The van der Waals surface area contributed by atoms with Crippen molar-refractivity contribution in [2.24, 2.45) is 0 Å². The standard InChI is InChI=1S/C26H33ClN4O5S2/c1-5-29(6-2)16-17-30(26-28-23-22(36-4)14-13-20(27)24(23)37-26)25(32)21-8-7-15-31(21)38(33,34)19-11-9-18(35-3)10-12-19/h9-14,21H,5-8,15-17H2,1-4H3. The number of amides is 1. The zero-order valence-corrected chi connectivity index (χ0v) is 24.4. The Kier molecular flexibility index (Phi) is 9.15. The van der Waals surface area contributed by atoms with Crippen LogP contribution in [0.25, 0.3) is 10.2 Å². The van der Waals surface area contributed by atoms with E-state index in [4.69, 9.17) is 26.1 Å². The fourth-order valence-electron chi connectivity index (χ4n) is 4.64. The molecule has 38 heavy (non-hydrogen) atoms. The molecule has 1 atom stereocenters. The summed E-state index contributed by atoms with van der Waals surface area (Å²) < 4.78 is 39.9. The fraction of sp³-hybridized carbons (Fsp3) is 0.462. The normalized spacial score (nSPS) is 16.3. The number of ether oxygens (including phenoxy) is 2. The van der Waals surface area contributed by atoms with Crippen molar-refractivity contribution in [3.05, 3.63) is 41.4 Å². The van der Waals surface area contributed by atoms with E-state index in [-0.39, 0.29) is 17.3 Å². The van der Waals surface area contributed by atoms with Crippen molar-refractivity contribution in [2.75, 3.05) is 51.8 Å². The van der Waals surface area contributed by atoms with Crippen molar-refractivity contribution in [3.63, 3.8) is 0 Å². The maximum absolute atomic E-state index is 14.1. The number of fused-ring (bicyclic) bond motifs is 1. The van der Waals surface area contributed by atoms with E-state index < -0.39 is 16.1 Å². The van der Waals surface area contributed by atoms with Crippen molar-refractivity contribution in [1.29, 1.82) is 0 Å². The molecule has 0 radical (unpaired) electrons. The molecule has 0 aliphatic carbocycles. The Bertz CT molecular complexity index is 1380. The SMILES string of the molecule is CCN(CC)CCN(C(=O)C1CCCN1S(=O)(=O)c1ccc(OC)cc1)c1nc2c(OC)ccc(Cl)c2s1. The molecule has 0 bridgehead atoms. The third-order valence-electron chi connectivity index (χ3n) is 6.85. The van der Waals surface area contributed by atoms with Crippen molar-refractivity contribution in [3.8, 4) is 11.5 Å². The molecule has 1 aliphatic heterocycles. The topological polar surface area (TPSA) is 92.3 Å². The monoisotopic (exact) mass is 580 g/mol. The number of halogens is 1. The maximum Gasteiger partial charge on any atom is 0.247 e. The summed E-state index contributed by atoms with van der Waals surface area (Å²) in [5, 5.41) is 0.988. The number of likely N-dealkylation sites (N-methyl/N-ethyl adjacent to an activating group) is 1. The summed E-state index contributed by atoms with van der Waals surface area (Å²) in [5.41, 5.74) is 0.578. The zero-order valence-electron chi connectivity index (χ0n) is 22.0. The van der Waals surface area contributed by atoms with Gasteiger partial charge in [-0.05, 0) is 62.3 Å². The Labute approximate surface area is 233 Å². The molecule has 3 aromatic rings. The molecule has 1 aliphatic rings. The van der Waals surface area contributed by atoms with E-state index in [0.717, 1.165) is 17.8 Å². The molecule has 2 aromatic carbocycles. The Morgan fingerprint density at radius 3 is 2.45 bits per heavy atom. The van der Waals surface area contributed by atoms with Crippen molar-refractivity contribution >= 4 is 54.2 Å². The van der Waals surface area contributed by atoms with Crippen LogP contribution in [0.15, 0.2) is 41.3 Å². The fourth-order valence-corrected chi connectivity index (χ4v) is 7.58. The van der Waals surface area contributed by atoms with Gasteiger partial charge < -0.3 is 14.4 Å². The van der Waals surface area contributed by atoms with Crippen LogP contribution in [-0.2, 0) is 14.8 Å². The van der Waals surface area contributed by atoms with Crippen molar-refractivity contribution < 1.29 is 22.7 Å². The number of thiazole rings is 1. The number of methoxy groups -OCH3 is 2. The third kappa shape index (κ3) is 5.62. The second-order valence-electron chi connectivity index (χ2n) is 8.89. The number of hydrogen-bond donors (Lipinski definition) is 0. The molecule has 2 heterocycles. The summed E-state index contributed by atoms with van der Waals surface area (Å²) in [6.07, 6.45) is 1.03. The Balaban J connectivity index is 1.71. The molecule has 1 amide bonds. The quantitative estimate of drug-likeness (QED) is 0.330. The lowest BCUT2D eigenvalue weighted by molar-refractivity contribution is -0.121. The maximum atomic E-state index is 14.1. The first-order chi connectivity index (χ1) is 18.2. The molecule has 0 spiro atoms. The highest BCUT2D eigenvalue weighted by Gasteiger charge is 2.42. The van der Waals surface area contributed by atoms with Crippen molar-refractivity contribution in [1.82, 2.24) is 14.2 Å². The van der Waals surface area contributed by atoms with Crippen LogP contribution in [0.2, 0.25) is 5.02 Å². The van der Waals surface area contributed by atoms with E-state index in [0.29, 0.717) is 53.1 Å². The number of carbonyl (C=O) groups excluding carboxylic acids is 1. The lowest BCUT2D eigenvalue weighted by Crippen LogP contribution is -2.49. The predicted octanol–water partition coefficient (Wildman–Crippen LogP) is 4.50. The number of nitrogens with zero attached hydrogens (tertiary/aromatic N) is 4. The molecule has 1 aromatic heterocycles. The third-order valence-corrected chi connectivity index (χ3v) is 10.3. The van der Waals surface area contributed by atoms with Crippen molar-refractivity contribution in [2.45, 2.75) is 37.6 Å². The number of hydrogen-bond acceptors (Lipinski definition) is 8. The number of rotatable bonds is 11. The summed E-state index contributed by atoms with van der Waals surface area (Å²) in [4.78, 5) is 22.8. The van der Waals surface area contributed by atoms with Crippen LogP contribution in [0, 0.1) is 0 Å². The highest BCUT2D eigenvalue weighted by atomic mass is 35.5. The highest BCUT2D eigenvalue weighted by Crippen LogP contribution is 2.39. The van der Waals surface area contributed by atoms with Crippen LogP contribution in [-0.4, -0.2) is 81.5 Å². The summed E-state index contributed by atoms with van der Waals surface area (Å²) in [6.45, 7) is 7.06. The van der Waals surface area contributed by atoms with Gasteiger partial charge in [0.15, 0.2) is 5.13 Å². The van der Waals surface area contributed by atoms with Gasteiger partial charge in [-0.15, -0.1) is 0 Å². The smallest absolute Gasteiger partial charge is 0.247 e. The van der Waals surface area contributed by atoms with Gasteiger partial charge in [0, 0.05) is 19.6 Å². The van der Waals surface area contributed by atoms with E-state index in [1.807, 2.05) is 0 Å². The number of benzene rings is 2. The molecule has 1 saturated heterocycles. The molecule has 4 rings (SSSR count). The minimum Gasteiger partial charge on any atom is -0.497 e. The lowest BCUT2D eigenvalue weighted by Gasteiger charge is -2.30. The molecular formula is C26H33ClN4O5S2. The van der Waals surface area contributed by atoms with Gasteiger partial charge in [-0.3, -0.25) is 9.69 Å². The van der Waals surface area contributed by atoms with E-state index in [1.54, 1.807) is 36.3 Å². The summed E-state index contributed by atoms with van der Waals surface area (Å²) in [6, 6.07) is 8.89. The van der Waals surface area contributed by atoms with Gasteiger partial charge in [-0.2, -0.15) is 4.31 Å². The van der Waals surface area contributed by atoms with Gasteiger partial charge >= 0.3 is 0 Å². The predicted molar refractivity (Wildman–Crippen MR) is 151 cm³/mol. The first-order valence-corrected chi connectivity index (χ1v) is 15.2. The Morgan fingerprint density at radius 1 is 1.11 bits per heavy atom. The number of carbonyl (C=O) groups is 1. The Morgan fingerprint density at radius 2 is 1.82 bits per heavy atom. The number of sulfonamides is 1. The Hall–Kier alpha value is -2.44. The highest BCUT2D eigenvalue weighted by molar-refractivity contribution is 7.89. The number of aromatic nitrogens is 1. The second kappa shape index (κ2) is 12.2. The summed E-state index contributed by atoms with van der Waals surface area (Å²) in [7, 11) is -0.809. The average Bonchev–Trinajstić information content (AvgIpc) is 3.60. The van der Waals surface area contributed by atoms with E-state index >= 15 is 0 Å². The molecule has 206 valence electrons. The number of anilines is 1. The van der Waals surface area contributed by atoms with Crippen LogP contribution in [0.5, 0.6) is 11.5 Å². The van der Waals surface area contributed by atoms with Gasteiger partial charge in [0.1, 0.15) is 23.1 Å². The van der Waals surface area contributed by atoms with Gasteiger partial charge in [0.05, 0.1) is 28.8 Å². The van der Waals surface area contributed by atoms with Gasteiger partial charge in [-0.25, -0.2) is 13.4 Å². The van der Waals surface area contributed by atoms with Gasteiger partial charge in [-0.1, -0.05) is 36.8 Å². The van der Waals surface area contributed by atoms with E-state index in [2.05, 4.69) is 18.7 Å². The lowest BCUT2D eigenvalue weighted by atomic mass is 10.2. The van der Waals surface area contributed by atoms with E-state index in [9.17, 15) is 13.2 Å². The molecule has 0 N–H and O–H groups in total. The van der Waals surface area contributed by atoms with Crippen LogP contribution >= 0.6 is 22.9 Å². The summed E-state index contributed by atoms with van der Waals surface area (Å²) >= 11 is 7.77. The van der Waals surface area contributed by atoms with E-state index in [1.165, 1.54) is 34.9 Å². The minimum atomic E-state index is -3.89. The van der Waals surface area contributed by atoms with Gasteiger partial charge in [0.2, 0.25) is 15.9 Å². The average molecular weight is 581 g/mol.